The van der Waals surface area contributed by atoms with Crippen molar-refractivity contribution in [1.29, 1.82) is 0 Å². The van der Waals surface area contributed by atoms with Crippen LogP contribution in [0.15, 0.2) is 6.20 Å². The van der Waals surface area contributed by atoms with E-state index < -0.39 is 0 Å². The monoisotopic (exact) mass is 198 g/mol. The molecular formula is C7H10N4OS. The lowest BCUT2D eigenvalue weighted by Crippen LogP contribution is -2.34. The Morgan fingerprint density at radius 1 is 1.77 bits per heavy atom. The molecule has 1 aromatic heterocycles. The molecule has 6 heteroatoms. The summed E-state index contributed by atoms with van der Waals surface area (Å²) in [4.78, 5) is 11.4. The number of H-pyrrole nitrogens is 1. The van der Waals surface area contributed by atoms with E-state index in [2.05, 4.69) is 20.7 Å². The number of rotatable bonds is 2. The fraction of sp³-hybridized carbons (Fsp3) is 0.571. The first-order valence-electron chi connectivity index (χ1n) is 4.10. The van der Waals surface area contributed by atoms with Gasteiger partial charge in [-0.1, -0.05) is 0 Å². The van der Waals surface area contributed by atoms with Crippen LogP contribution in [0.5, 0.6) is 0 Å². The highest BCUT2D eigenvalue weighted by molar-refractivity contribution is 7.99. The number of carbonyl (C=O) groups excluding carboxylic acids is 1. The van der Waals surface area contributed by atoms with E-state index in [1.807, 2.05) is 11.8 Å². The van der Waals surface area contributed by atoms with Crippen LogP contribution in [0, 0.1) is 0 Å². The van der Waals surface area contributed by atoms with Crippen molar-refractivity contribution >= 4 is 17.7 Å². The number of nitrogens with zero attached hydrogens (tertiary/aromatic N) is 2. The summed E-state index contributed by atoms with van der Waals surface area (Å²) in [6.45, 7) is 0. The fourth-order valence-electron chi connectivity index (χ4n) is 1.22. The number of aromatic nitrogens is 3. The third-order valence-corrected chi connectivity index (χ3v) is 3.08. The molecule has 1 unspecified atom stereocenters. The number of nitrogens with one attached hydrogen (secondary N) is 2. The maximum absolute atomic E-state index is 11.4. The highest BCUT2D eigenvalue weighted by atomic mass is 32.2. The summed E-state index contributed by atoms with van der Waals surface area (Å²) in [6.07, 6.45) is 2.48. The Morgan fingerprint density at radius 3 is 3.31 bits per heavy atom. The van der Waals surface area contributed by atoms with Gasteiger partial charge in [0.1, 0.15) is 0 Å². The van der Waals surface area contributed by atoms with E-state index in [1.54, 1.807) is 0 Å². The van der Waals surface area contributed by atoms with Crippen LogP contribution >= 0.6 is 11.8 Å². The molecule has 0 bridgehead atoms. The molecule has 1 atom stereocenters. The molecule has 0 radical (unpaired) electrons. The minimum absolute atomic E-state index is 0.138. The molecule has 1 aromatic rings. The second kappa shape index (κ2) is 3.78. The van der Waals surface area contributed by atoms with Gasteiger partial charge in [0.05, 0.1) is 6.20 Å². The van der Waals surface area contributed by atoms with Gasteiger partial charge in [0.2, 0.25) is 0 Å². The maximum atomic E-state index is 11.4. The lowest BCUT2D eigenvalue weighted by atomic mass is 10.2. The van der Waals surface area contributed by atoms with Gasteiger partial charge in [-0.3, -0.25) is 4.79 Å². The van der Waals surface area contributed by atoms with E-state index >= 15 is 0 Å². The van der Waals surface area contributed by atoms with Crippen LogP contribution in [0.4, 0.5) is 0 Å². The SMILES string of the molecule is O=C(NC1CCSC1)c1cn[nH]n1. The number of amides is 1. The van der Waals surface area contributed by atoms with E-state index in [0.29, 0.717) is 11.7 Å². The van der Waals surface area contributed by atoms with Gasteiger partial charge in [0.15, 0.2) is 5.69 Å². The summed E-state index contributed by atoms with van der Waals surface area (Å²) in [6, 6.07) is 0.300. The maximum Gasteiger partial charge on any atom is 0.273 e. The summed E-state index contributed by atoms with van der Waals surface area (Å²) in [7, 11) is 0. The number of carbonyl (C=O) groups is 1. The Kier molecular flexibility index (Phi) is 2.49. The van der Waals surface area contributed by atoms with Crippen LogP contribution in [0.2, 0.25) is 0 Å². The zero-order valence-corrected chi connectivity index (χ0v) is 7.80. The van der Waals surface area contributed by atoms with Crippen molar-refractivity contribution < 1.29 is 4.79 Å². The molecule has 2 N–H and O–H groups in total. The summed E-state index contributed by atoms with van der Waals surface area (Å²) in [5.74, 6) is 1.99. The van der Waals surface area contributed by atoms with Crippen LogP contribution in [-0.2, 0) is 0 Å². The molecule has 0 saturated carbocycles. The van der Waals surface area contributed by atoms with Crippen molar-refractivity contribution in [3.05, 3.63) is 11.9 Å². The lowest BCUT2D eigenvalue weighted by molar-refractivity contribution is 0.0936. The predicted octanol–water partition coefficient (Wildman–Crippen LogP) is 0.0400. The predicted molar refractivity (Wildman–Crippen MR) is 49.6 cm³/mol. The molecule has 1 saturated heterocycles. The molecule has 13 heavy (non-hydrogen) atoms. The molecule has 1 fully saturated rings. The van der Waals surface area contributed by atoms with Gasteiger partial charge in [-0.25, -0.2) is 0 Å². The van der Waals surface area contributed by atoms with Gasteiger partial charge in [-0.15, -0.1) is 0 Å². The van der Waals surface area contributed by atoms with Crippen molar-refractivity contribution in [2.75, 3.05) is 11.5 Å². The summed E-state index contributed by atoms with van der Waals surface area (Å²) in [5, 5.41) is 12.6. The lowest BCUT2D eigenvalue weighted by Gasteiger charge is -2.08. The van der Waals surface area contributed by atoms with Gasteiger partial charge in [-0.2, -0.15) is 27.2 Å². The molecule has 0 spiro atoms. The van der Waals surface area contributed by atoms with Crippen LogP contribution in [0.1, 0.15) is 16.9 Å². The van der Waals surface area contributed by atoms with E-state index in [4.69, 9.17) is 0 Å². The first-order chi connectivity index (χ1) is 6.36. The number of thioether (sulfide) groups is 1. The first kappa shape index (κ1) is 8.55. The van der Waals surface area contributed by atoms with Crippen LogP contribution in [0.25, 0.3) is 0 Å². The molecule has 2 heterocycles. The van der Waals surface area contributed by atoms with Crippen LogP contribution in [0.3, 0.4) is 0 Å². The molecular weight excluding hydrogens is 188 g/mol. The number of hydrogen-bond donors (Lipinski definition) is 2. The summed E-state index contributed by atoms with van der Waals surface area (Å²) >= 11 is 1.86. The third-order valence-electron chi connectivity index (χ3n) is 1.91. The van der Waals surface area contributed by atoms with Crippen molar-refractivity contribution in [1.82, 2.24) is 20.7 Å². The summed E-state index contributed by atoms with van der Waals surface area (Å²) in [5.41, 5.74) is 0.358. The zero-order chi connectivity index (χ0) is 9.10. The summed E-state index contributed by atoms with van der Waals surface area (Å²) < 4.78 is 0. The largest absolute Gasteiger partial charge is 0.347 e. The van der Waals surface area contributed by atoms with E-state index in [9.17, 15) is 4.79 Å². The molecule has 70 valence electrons. The van der Waals surface area contributed by atoms with Gasteiger partial charge < -0.3 is 5.32 Å². The van der Waals surface area contributed by atoms with E-state index in [1.165, 1.54) is 6.20 Å². The minimum Gasteiger partial charge on any atom is -0.347 e. The molecule has 1 amide bonds. The van der Waals surface area contributed by atoms with Gasteiger partial charge in [-0.05, 0) is 12.2 Å². The van der Waals surface area contributed by atoms with E-state index in [-0.39, 0.29) is 5.91 Å². The second-order valence-corrected chi connectivity index (χ2v) is 4.04. The molecule has 1 aliphatic rings. The van der Waals surface area contributed by atoms with E-state index in [0.717, 1.165) is 17.9 Å². The standard InChI is InChI=1S/C7H10N4OS/c12-7(6-3-8-11-10-6)9-5-1-2-13-4-5/h3,5H,1-2,4H2,(H,9,12)(H,8,10,11). The Morgan fingerprint density at radius 2 is 2.69 bits per heavy atom. The number of hydrogen-bond acceptors (Lipinski definition) is 4. The van der Waals surface area contributed by atoms with Crippen molar-refractivity contribution in [3.63, 3.8) is 0 Å². The molecule has 0 aromatic carbocycles. The molecule has 1 aliphatic heterocycles. The fourth-order valence-corrected chi connectivity index (χ4v) is 2.37. The first-order valence-corrected chi connectivity index (χ1v) is 5.26. The van der Waals surface area contributed by atoms with Crippen molar-refractivity contribution in [2.45, 2.75) is 12.5 Å². The minimum atomic E-state index is -0.138. The Balaban J connectivity index is 1.91. The van der Waals surface area contributed by atoms with Gasteiger partial charge in [0.25, 0.3) is 5.91 Å². The Bertz CT molecular complexity index is 281. The Labute approximate surface area is 79.7 Å². The average molecular weight is 198 g/mol. The Hall–Kier alpha value is -1.04. The van der Waals surface area contributed by atoms with Crippen LogP contribution < -0.4 is 5.32 Å². The highest BCUT2D eigenvalue weighted by Gasteiger charge is 2.19. The van der Waals surface area contributed by atoms with Crippen molar-refractivity contribution in [2.24, 2.45) is 0 Å². The molecule has 2 rings (SSSR count). The smallest absolute Gasteiger partial charge is 0.273 e. The third kappa shape index (κ3) is 2.00. The second-order valence-electron chi connectivity index (χ2n) is 2.89. The average Bonchev–Trinajstić information content (AvgIpc) is 2.74. The molecule has 0 aliphatic carbocycles. The quantitative estimate of drug-likeness (QED) is 0.704. The highest BCUT2D eigenvalue weighted by Crippen LogP contribution is 2.17. The van der Waals surface area contributed by atoms with Gasteiger partial charge >= 0.3 is 0 Å². The number of aromatic amines is 1. The molecule has 5 nitrogen and oxygen atoms in total. The van der Waals surface area contributed by atoms with Crippen molar-refractivity contribution in [3.8, 4) is 0 Å². The normalized spacial score (nSPS) is 21.7. The zero-order valence-electron chi connectivity index (χ0n) is 6.99. The van der Waals surface area contributed by atoms with Crippen LogP contribution in [-0.4, -0.2) is 38.9 Å². The van der Waals surface area contributed by atoms with Gasteiger partial charge in [0, 0.05) is 11.8 Å². The topological polar surface area (TPSA) is 70.7 Å².